The smallest absolute Gasteiger partial charge is 0.179 e. The molecule has 0 aromatic rings. The van der Waals surface area contributed by atoms with E-state index in [0.29, 0.717) is 17.9 Å². The van der Waals surface area contributed by atoms with Gasteiger partial charge in [-0.3, -0.25) is 0 Å². The van der Waals surface area contributed by atoms with Crippen LogP contribution in [0.15, 0.2) is 12.5 Å². The summed E-state index contributed by atoms with van der Waals surface area (Å²) >= 11 is 0. The molecule has 52 valence electrons. The highest BCUT2D eigenvalue weighted by Gasteiger charge is 2.20. The summed E-state index contributed by atoms with van der Waals surface area (Å²) in [7, 11) is 0. The average molecular weight is 127 g/mol. The predicted molar refractivity (Wildman–Crippen MR) is 36.9 cm³/mol. The first-order chi connectivity index (χ1) is 4.20. The summed E-state index contributed by atoms with van der Waals surface area (Å²) in [5, 5.41) is 3.03. The lowest BCUT2D eigenvalue weighted by Gasteiger charge is -2.11. The van der Waals surface area contributed by atoms with Crippen LogP contribution in [-0.4, -0.2) is 12.6 Å². The summed E-state index contributed by atoms with van der Waals surface area (Å²) < 4.78 is 5.32. The zero-order valence-electron chi connectivity index (χ0n) is 5.98. The van der Waals surface area contributed by atoms with E-state index in [-0.39, 0.29) is 0 Å². The summed E-state index contributed by atoms with van der Waals surface area (Å²) in [6.45, 7) is 8.85. The van der Waals surface area contributed by atoms with Crippen molar-refractivity contribution < 1.29 is 4.74 Å². The number of hydrogen-bond donors (Lipinski definition) is 1. The zero-order chi connectivity index (χ0) is 6.85. The maximum absolute atomic E-state index is 5.32. The molecule has 0 unspecified atom stereocenters. The molecule has 1 saturated heterocycles. The van der Waals surface area contributed by atoms with Crippen molar-refractivity contribution in [1.29, 1.82) is 0 Å². The van der Waals surface area contributed by atoms with E-state index in [0.717, 1.165) is 6.54 Å². The quantitative estimate of drug-likeness (QED) is 0.569. The molecule has 0 bridgehead atoms. The van der Waals surface area contributed by atoms with E-state index in [1.165, 1.54) is 0 Å². The third-order valence-corrected chi connectivity index (χ3v) is 1.54. The molecule has 1 atom stereocenters. The molecule has 1 fully saturated rings. The topological polar surface area (TPSA) is 21.3 Å². The normalized spacial score (nSPS) is 26.1. The van der Waals surface area contributed by atoms with Crippen molar-refractivity contribution in [3.63, 3.8) is 0 Å². The van der Waals surface area contributed by atoms with Gasteiger partial charge in [-0.2, -0.15) is 0 Å². The first-order valence-corrected chi connectivity index (χ1v) is 3.29. The summed E-state index contributed by atoms with van der Waals surface area (Å²) in [5.41, 5.74) is 0. The van der Waals surface area contributed by atoms with E-state index in [4.69, 9.17) is 4.74 Å². The SMILES string of the molecule is C=C1NC[C@@H](C(C)C)O1. The molecule has 1 N–H and O–H groups in total. The van der Waals surface area contributed by atoms with Crippen LogP contribution in [0.3, 0.4) is 0 Å². The summed E-state index contributed by atoms with van der Waals surface area (Å²) in [6, 6.07) is 0. The standard InChI is InChI=1S/C7H13NO/c1-5(2)7-4-8-6(3)9-7/h5,7-8H,3-4H2,1-2H3/t7-/m0/s1. The monoisotopic (exact) mass is 127 g/mol. The Labute approximate surface area is 55.9 Å². The second-order valence-corrected chi connectivity index (χ2v) is 2.70. The number of rotatable bonds is 1. The Morgan fingerprint density at radius 3 is 2.67 bits per heavy atom. The van der Waals surface area contributed by atoms with E-state index < -0.39 is 0 Å². The third kappa shape index (κ3) is 1.37. The van der Waals surface area contributed by atoms with Gasteiger partial charge in [-0.1, -0.05) is 13.8 Å². The Balaban J connectivity index is 2.39. The Hall–Kier alpha value is -0.660. The molecule has 0 spiro atoms. The van der Waals surface area contributed by atoms with Gasteiger partial charge in [0.2, 0.25) is 0 Å². The highest BCUT2D eigenvalue weighted by Crippen LogP contribution is 2.13. The van der Waals surface area contributed by atoms with Crippen LogP contribution >= 0.6 is 0 Å². The lowest BCUT2D eigenvalue weighted by molar-refractivity contribution is 0.126. The van der Waals surface area contributed by atoms with Crippen LogP contribution < -0.4 is 5.32 Å². The molecule has 1 aliphatic rings. The van der Waals surface area contributed by atoms with E-state index in [2.05, 4.69) is 25.7 Å². The third-order valence-electron chi connectivity index (χ3n) is 1.54. The molecular weight excluding hydrogens is 114 g/mol. The average Bonchev–Trinajstić information content (AvgIpc) is 2.14. The Bertz CT molecular complexity index is 120. The van der Waals surface area contributed by atoms with Crippen molar-refractivity contribution in [3.8, 4) is 0 Å². The lowest BCUT2D eigenvalue weighted by Crippen LogP contribution is -2.19. The summed E-state index contributed by atoms with van der Waals surface area (Å²) in [6.07, 6.45) is 0.331. The fourth-order valence-corrected chi connectivity index (χ4v) is 0.852. The number of ether oxygens (including phenoxy) is 1. The highest BCUT2D eigenvalue weighted by atomic mass is 16.5. The van der Waals surface area contributed by atoms with Crippen LogP contribution in [0.4, 0.5) is 0 Å². The molecule has 0 saturated carbocycles. The fourth-order valence-electron chi connectivity index (χ4n) is 0.852. The first-order valence-electron chi connectivity index (χ1n) is 3.29. The predicted octanol–water partition coefficient (Wildman–Crippen LogP) is 1.10. The van der Waals surface area contributed by atoms with Crippen LogP contribution in [0.1, 0.15) is 13.8 Å². The van der Waals surface area contributed by atoms with Gasteiger partial charge < -0.3 is 10.1 Å². The maximum Gasteiger partial charge on any atom is 0.179 e. The summed E-state index contributed by atoms with van der Waals surface area (Å²) in [4.78, 5) is 0. The molecule has 2 nitrogen and oxygen atoms in total. The van der Waals surface area contributed by atoms with Gasteiger partial charge >= 0.3 is 0 Å². The van der Waals surface area contributed by atoms with E-state index in [9.17, 15) is 0 Å². The maximum atomic E-state index is 5.32. The first kappa shape index (κ1) is 6.46. The Morgan fingerprint density at radius 1 is 1.78 bits per heavy atom. The minimum Gasteiger partial charge on any atom is -0.474 e. The molecule has 0 radical (unpaired) electrons. The molecule has 1 rings (SSSR count). The van der Waals surface area contributed by atoms with E-state index in [1.807, 2.05) is 0 Å². The van der Waals surface area contributed by atoms with Crippen molar-refractivity contribution in [2.75, 3.05) is 6.54 Å². The van der Waals surface area contributed by atoms with Crippen LogP contribution in [0.25, 0.3) is 0 Å². The minimum atomic E-state index is 0.331. The zero-order valence-corrected chi connectivity index (χ0v) is 5.98. The van der Waals surface area contributed by atoms with E-state index >= 15 is 0 Å². The van der Waals surface area contributed by atoms with Crippen LogP contribution in [0.5, 0.6) is 0 Å². The molecule has 1 heterocycles. The van der Waals surface area contributed by atoms with Crippen LogP contribution in [-0.2, 0) is 4.74 Å². The molecule has 0 aromatic carbocycles. The lowest BCUT2D eigenvalue weighted by atomic mass is 10.1. The second-order valence-electron chi connectivity index (χ2n) is 2.70. The largest absolute Gasteiger partial charge is 0.474 e. The van der Waals surface area contributed by atoms with E-state index in [1.54, 1.807) is 0 Å². The molecule has 0 aromatic heterocycles. The Morgan fingerprint density at radius 2 is 2.44 bits per heavy atom. The van der Waals surface area contributed by atoms with Gasteiger partial charge in [0.05, 0.1) is 6.54 Å². The molecule has 0 amide bonds. The van der Waals surface area contributed by atoms with Crippen LogP contribution in [0.2, 0.25) is 0 Å². The number of nitrogens with one attached hydrogen (secondary N) is 1. The molecular formula is C7H13NO. The van der Waals surface area contributed by atoms with Gasteiger partial charge in [0.25, 0.3) is 0 Å². The van der Waals surface area contributed by atoms with Crippen LogP contribution in [0, 0.1) is 5.92 Å². The number of hydrogen-bond acceptors (Lipinski definition) is 2. The van der Waals surface area contributed by atoms with Crippen molar-refractivity contribution >= 4 is 0 Å². The van der Waals surface area contributed by atoms with Gasteiger partial charge in [-0.15, -0.1) is 0 Å². The summed E-state index contributed by atoms with van der Waals surface area (Å²) in [5.74, 6) is 1.30. The van der Waals surface area contributed by atoms with Crippen molar-refractivity contribution in [2.24, 2.45) is 5.92 Å². The second kappa shape index (κ2) is 2.29. The molecule has 9 heavy (non-hydrogen) atoms. The van der Waals surface area contributed by atoms with Gasteiger partial charge in [-0.25, -0.2) is 0 Å². The van der Waals surface area contributed by atoms with Gasteiger partial charge in [-0.05, 0) is 12.5 Å². The highest BCUT2D eigenvalue weighted by molar-refractivity contribution is 4.90. The molecule has 1 aliphatic heterocycles. The van der Waals surface area contributed by atoms with Gasteiger partial charge in [0.1, 0.15) is 6.10 Å². The van der Waals surface area contributed by atoms with Crippen molar-refractivity contribution in [1.82, 2.24) is 5.32 Å². The minimum absolute atomic E-state index is 0.331. The molecule has 2 heteroatoms. The van der Waals surface area contributed by atoms with Gasteiger partial charge in [0.15, 0.2) is 5.88 Å². The molecule has 0 aliphatic carbocycles. The van der Waals surface area contributed by atoms with Crippen molar-refractivity contribution in [2.45, 2.75) is 20.0 Å². The fraction of sp³-hybridized carbons (Fsp3) is 0.714. The Kier molecular flexibility index (Phi) is 1.65. The van der Waals surface area contributed by atoms with Crippen molar-refractivity contribution in [3.05, 3.63) is 12.5 Å². The van der Waals surface area contributed by atoms with Gasteiger partial charge in [0, 0.05) is 0 Å².